The molecule has 0 aliphatic rings. The minimum atomic E-state index is -0.310. The number of aromatic amines is 1. The first kappa shape index (κ1) is 12.0. The number of H-pyrrole nitrogens is 1. The Morgan fingerprint density at radius 1 is 1.25 bits per heavy atom. The van der Waals surface area contributed by atoms with E-state index in [4.69, 9.17) is 0 Å². The second-order valence-electron chi connectivity index (χ2n) is 3.10. The molecule has 16 heavy (non-hydrogen) atoms. The van der Waals surface area contributed by atoms with Gasteiger partial charge in [0.05, 0.1) is 5.70 Å². The molecule has 0 aliphatic heterocycles. The molecule has 1 N–H and O–H groups in total. The van der Waals surface area contributed by atoms with Gasteiger partial charge in [-0.25, -0.2) is 4.68 Å². The summed E-state index contributed by atoms with van der Waals surface area (Å²) in [5.41, 5.74) is 0.0345. The number of allylic oxidation sites excluding steroid dienone is 6. The molecular formula is C12H14N2O2. The summed E-state index contributed by atoms with van der Waals surface area (Å²) >= 11 is 0. The van der Waals surface area contributed by atoms with Gasteiger partial charge in [0.2, 0.25) is 0 Å². The maximum atomic E-state index is 11.5. The maximum absolute atomic E-state index is 11.5. The average molecular weight is 218 g/mol. The summed E-state index contributed by atoms with van der Waals surface area (Å²) < 4.78 is 1.21. The Morgan fingerprint density at radius 3 is 2.62 bits per heavy atom. The first-order valence-corrected chi connectivity index (χ1v) is 4.97. The van der Waals surface area contributed by atoms with Gasteiger partial charge in [-0.1, -0.05) is 18.2 Å². The van der Waals surface area contributed by atoms with Crippen LogP contribution in [0.1, 0.15) is 13.8 Å². The van der Waals surface area contributed by atoms with Crippen molar-refractivity contribution < 1.29 is 0 Å². The fourth-order valence-electron chi connectivity index (χ4n) is 1.19. The van der Waals surface area contributed by atoms with Crippen molar-refractivity contribution in [3.05, 3.63) is 63.2 Å². The lowest BCUT2D eigenvalue weighted by atomic mass is 10.3. The number of aromatic nitrogens is 2. The highest BCUT2D eigenvalue weighted by Gasteiger charge is 1.98. The molecule has 84 valence electrons. The highest BCUT2D eigenvalue weighted by Crippen LogP contribution is 2.00. The van der Waals surface area contributed by atoms with E-state index in [0.717, 1.165) is 0 Å². The van der Waals surface area contributed by atoms with Gasteiger partial charge in [0, 0.05) is 12.1 Å². The van der Waals surface area contributed by atoms with Gasteiger partial charge in [-0.15, -0.1) is 0 Å². The summed E-state index contributed by atoms with van der Waals surface area (Å²) in [6.45, 7) is 3.72. The van der Waals surface area contributed by atoms with Gasteiger partial charge >= 0.3 is 0 Å². The van der Waals surface area contributed by atoms with E-state index in [2.05, 4.69) is 5.10 Å². The van der Waals surface area contributed by atoms with Crippen molar-refractivity contribution in [3.63, 3.8) is 0 Å². The Bertz CT molecular complexity index is 545. The summed E-state index contributed by atoms with van der Waals surface area (Å²) in [5.74, 6) is 0. The van der Waals surface area contributed by atoms with E-state index < -0.39 is 0 Å². The van der Waals surface area contributed by atoms with Crippen LogP contribution in [0.15, 0.2) is 52.1 Å². The van der Waals surface area contributed by atoms with E-state index in [1.807, 2.05) is 19.9 Å². The van der Waals surface area contributed by atoms with Crippen molar-refractivity contribution in [2.24, 2.45) is 0 Å². The van der Waals surface area contributed by atoms with Crippen molar-refractivity contribution >= 4 is 5.70 Å². The number of nitrogens with one attached hydrogen (secondary N) is 1. The molecule has 0 aliphatic carbocycles. The van der Waals surface area contributed by atoms with Crippen LogP contribution in [-0.4, -0.2) is 9.78 Å². The Morgan fingerprint density at radius 2 is 2.00 bits per heavy atom. The standard InChI is InChI=1S/C12H14N2O2/c1-3-5-7-10(6-4-2)14-12(16)9-8-11(15)13-14/h3-9H,1-2H3,(H,13,15)/b5-3-,6-4-,10-7+. The molecule has 1 heterocycles. The van der Waals surface area contributed by atoms with Crippen molar-refractivity contribution in [2.75, 3.05) is 0 Å². The molecule has 0 spiro atoms. The topological polar surface area (TPSA) is 54.9 Å². The third-order valence-corrected chi connectivity index (χ3v) is 1.87. The second-order valence-corrected chi connectivity index (χ2v) is 3.10. The predicted molar refractivity (Wildman–Crippen MR) is 65.2 cm³/mol. The van der Waals surface area contributed by atoms with Gasteiger partial charge in [0.15, 0.2) is 0 Å². The van der Waals surface area contributed by atoms with Gasteiger partial charge in [0.1, 0.15) is 0 Å². The summed E-state index contributed by atoms with van der Waals surface area (Å²) in [6, 6.07) is 2.45. The zero-order valence-electron chi connectivity index (χ0n) is 9.31. The van der Waals surface area contributed by atoms with Crippen molar-refractivity contribution in [2.45, 2.75) is 13.8 Å². The molecule has 0 bridgehead atoms. The molecule has 0 aromatic carbocycles. The van der Waals surface area contributed by atoms with Crippen LogP contribution in [0.2, 0.25) is 0 Å². The van der Waals surface area contributed by atoms with Crippen LogP contribution in [0.25, 0.3) is 5.70 Å². The van der Waals surface area contributed by atoms with Crippen LogP contribution >= 0.6 is 0 Å². The first-order valence-electron chi connectivity index (χ1n) is 4.97. The largest absolute Gasteiger partial charge is 0.269 e. The fraction of sp³-hybridized carbons (Fsp3) is 0.167. The molecule has 0 saturated carbocycles. The van der Waals surface area contributed by atoms with Gasteiger partial charge < -0.3 is 0 Å². The van der Waals surface area contributed by atoms with Crippen LogP contribution in [0.3, 0.4) is 0 Å². The van der Waals surface area contributed by atoms with E-state index in [1.165, 1.54) is 16.8 Å². The summed E-state index contributed by atoms with van der Waals surface area (Å²) in [5, 5.41) is 2.46. The van der Waals surface area contributed by atoms with E-state index >= 15 is 0 Å². The Balaban J connectivity index is 3.37. The molecule has 0 atom stereocenters. The minimum absolute atomic E-state index is 0.270. The van der Waals surface area contributed by atoms with Gasteiger partial charge in [0.25, 0.3) is 11.1 Å². The third-order valence-electron chi connectivity index (χ3n) is 1.87. The van der Waals surface area contributed by atoms with Gasteiger partial charge in [-0.05, 0) is 26.0 Å². The average Bonchev–Trinajstić information content (AvgIpc) is 2.28. The third kappa shape index (κ3) is 2.95. The molecule has 0 radical (unpaired) electrons. The SMILES string of the molecule is C\C=C/C=C(\C=C/C)n1[nH]c(=O)ccc1=O. The Kier molecular flexibility index (Phi) is 4.27. The smallest absolute Gasteiger partial charge is 0.268 e. The van der Waals surface area contributed by atoms with E-state index in [0.29, 0.717) is 5.70 Å². The molecule has 1 aromatic rings. The molecular weight excluding hydrogens is 204 g/mol. The lowest BCUT2D eigenvalue weighted by Crippen LogP contribution is -2.26. The Hall–Kier alpha value is -2.10. The van der Waals surface area contributed by atoms with Crippen molar-refractivity contribution in [3.8, 4) is 0 Å². The Labute approximate surface area is 93.2 Å². The summed E-state index contributed by atoms with van der Waals surface area (Å²) in [6.07, 6.45) is 8.93. The lowest BCUT2D eigenvalue weighted by Gasteiger charge is -2.04. The zero-order valence-corrected chi connectivity index (χ0v) is 9.31. The molecule has 0 fully saturated rings. The normalized spacial score (nSPS) is 12.8. The molecule has 4 heteroatoms. The number of rotatable bonds is 3. The van der Waals surface area contributed by atoms with Crippen LogP contribution in [0.5, 0.6) is 0 Å². The van der Waals surface area contributed by atoms with Crippen molar-refractivity contribution in [1.29, 1.82) is 0 Å². The zero-order chi connectivity index (χ0) is 12.0. The minimum Gasteiger partial charge on any atom is -0.268 e. The van der Waals surface area contributed by atoms with Crippen LogP contribution in [-0.2, 0) is 0 Å². The highest BCUT2D eigenvalue weighted by molar-refractivity contribution is 5.57. The number of nitrogens with zero attached hydrogens (tertiary/aromatic N) is 1. The van der Waals surface area contributed by atoms with E-state index in [1.54, 1.807) is 24.3 Å². The van der Waals surface area contributed by atoms with Gasteiger partial charge in [-0.3, -0.25) is 14.7 Å². The number of hydrogen-bond acceptors (Lipinski definition) is 2. The lowest BCUT2D eigenvalue weighted by molar-refractivity contribution is 0.809. The van der Waals surface area contributed by atoms with E-state index in [-0.39, 0.29) is 11.1 Å². The predicted octanol–water partition coefficient (Wildman–Crippen LogP) is 1.53. The second kappa shape index (κ2) is 5.70. The van der Waals surface area contributed by atoms with Crippen LogP contribution in [0.4, 0.5) is 0 Å². The first-order chi connectivity index (χ1) is 7.69. The molecule has 1 aromatic heterocycles. The number of hydrogen-bond donors (Lipinski definition) is 1. The van der Waals surface area contributed by atoms with Crippen molar-refractivity contribution in [1.82, 2.24) is 9.78 Å². The molecule has 0 unspecified atom stereocenters. The van der Waals surface area contributed by atoms with Crippen LogP contribution in [0, 0.1) is 0 Å². The quantitative estimate of drug-likeness (QED) is 0.782. The highest BCUT2D eigenvalue weighted by atomic mass is 16.1. The molecule has 0 saturated heterocycles. The van der Waals surface area contributed by atoms with Crippen LogP contribution < -0.4 is 11.1 Å². The molecule has 4 nitrogen and oxygen atoms in total. The monoisotopic (exact) mass is 218 g/mol. The maximum Gasteiger partial charge on any atom is 0.269 e. The molecule has 0 amide bonds. The molecule has 1 rings (SSSR count). The summed E-state index contributed by atoms with van der Waals surface area (Å²) in [4.78, 5) is 22.7. The summed E-state index contributed by atoms with van der Waals surface area (Å²) in [7, 11) is 0. The van der Waals surface area contributed by atoms with Gasteiger partial charge in [-0.2, -0.15) is 0 Å². The fourth-order valence-corrected chi connectivity index (χ4v) is 1.19. The van der Waals surface area contributed by atoms with E-state index in [9.17, 15) is 9.59 Å².